The third kappa shape index (κ3) is 3.00. The Bertz CT molecular complexity index is 442. The van der Waals surface area contributed by atoms with Gasteiger partial charge in [0, 0.05) is 24.8 Å². The van der Waals surface area contributed by atoms with Crippen molar-refractivity contribution < 1.29 is 4.79 Å². The Morgan fingerprint density at radius 1 is 1.50 bits per heavy atom. The number of aromatic nitrogens is 1. The number of amides is 1. The van der Waals surface area contributed by atoms with Crippen LogP contribution in [0.4, 0.5) is 0 Å². The SMILES string of the molecule is CN1CCC(C)(NC(=O)c2ncccc2Cl)CC1. The Morgan fingerprint density at radius 2 is 2.17 bits per heavy atom. The van der Waals surface area contributed by atoms with Gasteiger partial charge >= 0.3 is 0 Å². The number of likely N-dealkylation sites (tertiary alicyclic amines) is 1. The second-order valence-electron chi connectivity index (χ2n) is 5.15. The summed E-state index contributed by atoms with van der Waals surface area (Å²) in [6.45, 7) is 4.06. The smallest absolute Gasteiger partial charge is 0.271 e. The minimum absolute atomic E-state index is 0.162. The van der Waals surface area contributed by atoms with Gasteiger partial charge in [-0.05, 0) is 38.9 Å². The number of carbonyl (C=O) groups excluding carboxylic acids is 1. The van der Waals surface area contributed by atoms with Crippen LogP contribution in [0, 0.1) is 0 Å². The molecule has 4 nitrogen and oxygen atoms in total. The van der Waals surface area contributed by atoms with Crippen molar-refractivity contribution in [2.24, 2.45) is 0 Å². The topological polar surface area (TPSA) is 45.2 Å². The number of rotatable bonds is 2. The summed E-state index contributed by atoms with van der Waals surface area (Å²) in [5, 5.41) is 3.46. The van der Waals surface area contributed by atoms with E-state index in [0.29, 0.717) is 10.7 Å². The van der Waals surface area contributed by atoms with Crippen LogP contribution in [0.5, 0.6) is 0 Å². The fraction of sp³-hybridized carbons (Fsp3) is 0.538. The van der Waals surface area contributed by atoms with E-state index >= 15 is 0 Å². The van der Waals surface area contributed by atoms with E-state index in [1.807, 2.05) is 0 Å². The predicted octanol–water partition coefficient (Wildman–Crippen LogP) is 1.95. The molecule has 1 saturated heterocycles. The first-order valence-electron chi connectivity index (χ1n) is 6.12. The van der Waals surface area contributed by atoms with E-state index in [2.05, 4.69) is 29.2 Å². The van der Waals surface area contributed by atoms with Crippen LogP contribution in [-0.2, 0) is 0 Å². The van der Waals surface area contributed by atoms with Gasteiger partial charge in [0.2, 0.25) is 0 Å². The maximum Gasteiger partial charge on any atom is 0.271 e. The molecular weight excluding hydrogens is 250 g/mol. The van der Waals surface area contributed by atoms with Gasteiger partial charge in [0.1, 0.15) is 5.69 Å². The number of nitrogens with one attached hydrogen (secondary N) is 1. The van der Waals surface area contributed by atoms with Crippen molar-refractivity contribution in [3.63, 3.8) is 0 Å². The second kappa shape index (κ2) is 5.24. The van der Waals surface area contributed by atoms with Gasteiger partial charge in [-0.25, -0.2) is 4.98 Å². The number of hydrogen-bond acceptors (Lipinski definition) is 3. The molecule has 1 amide bonds. The first-order chi connectivity index (χ1) is 8.50. The van der Waals surface area contributed by atoms with Gasteiger partial charge in [0.05, 0.1) is 5.02 Å². The molecule has 1 fully saturated rings. The molecule has 2 rings (SSSR count). The molecule has 0 saturated carbocycles. The molecule has 0 spiro atoms. The molecule has 2 heterocycles. The molecule has 1 aromatic heterocycles. The van der Waals surface area contributed by atoms with Gasteiger partial charge in [-0.2, -0.15) is 0 Å². The monoisotopic (exact) mass is 267 g/mol. The number of halogens is 1. The lowest BCUT2D eigenvalue weighted by Crippen LogP contribution is -2.52. The van der Waals surface area contributed by atoms with Crippen molar-refractivity contribution in [2.45, 2.75) is 25.3 Å². The Hall–Kier alpha value is -1.13. The van der Waals surface area contributed by atoms with Gasteiger partial charge in [0.15, 0.2) is 0 Å². The standard InChI is InChI=1S/C13H18ClN3O/c1-13(5-8-17(2)9-6-13)16-12(18)11-10(14)4-3-7-15-11/h3-4,7H,5-6,8-9H2,1-2H3,(H,16,18). The van der Waals surface area contributed by atoms with Crippen molar-refractivity contribution >= 4 is 17.5 Å². The van der Waals surface area contributed by atoms with Crippen LogP contribution < -0.4 is 5.32 Å². The Morgan fingerprint density at radius 3 is 2.78 bits per heavy atom. The number of hydrogen-bond donors (Lipinski definition) is 1. The maximum atomic E-state index is 12.1. The van der Waals surface area contributed by atoms with Crippen molar-refractivity contribution in [2.75, 3.05) is 20.1 Å². The average molecular weight is 268 g/mol. The molecule has 0 atom stereocenters. The minimum atomic E-state index is -0.187. The minimum Gasteiger partial charge on any atom is -0.345 e. The van der Waals surface area contributed by atoms with Gasteiger partial charge in [-0.1, -0.05) is 11.6 Å². The van der Waals surface area contributed by atoms with E-state index in [1.165, 1.54) is 0 Å². The second-order valence-corrected chi connectivity index (χ2v) is 5.56. The predicted molar refractivity (Wildman–Crippen MR) is 71.8 cm³/mol. The van der Waals surface area contributed by atoms with E-state index in [4.69, 9.17) is 11.6 Å². The lowest BCUT2D eigenvalue weighted by atomic mass is 9.89. The van der Waals surface area contributed by atoms with Gasteiger partial charge in [-0.15, -0.1) is 0 Å². The molecule has 1 N–H and O–H groups in total. The maximum absolute atomic E-state index is 12.1. The van der Waals surface area contributed by atoms with E-state index in [-0.39, 0.29) is 11.4 Å². The number of carbonyl (C=O) groups is 1. The van der Waals surface area contributed by atoms with Crippen molar-refractivity contribution in [3.05, 3.63) is 29.0 Å². The summed E-state index contributed by atoms with van der Waals surface area (Å²) >= 11 is 5.97. The molecular formula is C13H18ClN3O. The highest BCUT2D eigenvalue weighted by Gasteiger charge is 2.31. The van der Waals surface area contributed by atoms with E-state index in [0.717, 1.165) is 25.9 Å². The molecule has 0 aliphatic carbocycles. The van der Waals surface area contributed by atoms with Crippen LogP contribution in [0.1, 0.15) is 30.3 Å². The molecule has 1 aliphatic heterocycles. The third-order valence-electron chi connectivity index (χ3n) is 3.48. The fourth-order valence-corrected chi connectivity index (χ4v) is 2.33. The molecule has 0 aromatic carbocycles. The molecule has 0 radical (unpaired) electrons. The van der Waals surface area contributed by atoms with E-state index in [1.54, 1.807) is 18.3 Å². The molecule has 0 bridgehead atoms. The summed E-state index contributed by atoms with van der Waals surface area (Å²) in [4.78, 5) is 18.4. The van der Waals surface area contributed by atoms with Crippen LogP contribution in [0.25, 0.3) is 0 Å². The first-order valence-corrected chi connectivity index (χ1v) is 6.49. The Labute approximate surface area is 112 Å². The van der Waals surface area contributed by atoms with Crippen LogP contribution >= 0.6 is 11.6 Å². The lowest BCUT2D eigenvalue weighted by molar-refractivity contribution is 0.0847. The third-order valence-corrected chi connectivity index (χ3v) is 3.78. The average Bonchev–Trinajstić information content (AvgIpc) is 2.34. The quantitative estimate of drug-likeness (QED) is 0.891. The number of piperidine rings is 1. The summed E-state index contributed by atoms with van der Waals surface area (Å²) in [5.41, 5.74) is 0.143. The molecule has 0 unspecified atom stereocenters. The summed E-state index contributed by atoms with van der Waals surface area (Å²) < 4.78 is 0. The fourth-order valence-electron chi connectivity index (χ4n) is 2.12. The van der Waals surface area contributed by atoms with Crippen LogP contribution in [0.15, 0.2) is 18.3 Å². The van der Waals surface area contributed by atoms with E-state index in [9.17, 15) is 4.79 Å². The van der Waals surface area contributed by atoms with Gasteiger partial charge < -0.3 is 10.2 Å². The zero-order chi connectivity index (χ0) is 13.2. The highest BCUT2D eigenvalue weighted by molar-refractivity contribution is 6.33. The first kappa shape index (κ1) is 13.3. The van der Waals surface area contributed by atoms with Crippen molar-refractivity contribution in [1.82, 2.24) is 15.2 Å². The molecule has 1 aromatic rings. The summed E-state index contributed by atoms with van der Waals surface area (Å²) in [7, 11) is 2.09. The highest BCUT2D eigenvalue weighted by atomic mass is 35.5. The summed E-state index contributed by atoms with van der Waals surface area (Å²) in [6, 6.07) is 3.40. The van der Waals surface area contributed by atoms with Crippen LogP contribution in [0.3, 0.4) is 0 Å². The Kier molecular flexibility index (Phi) is 3.88. The van der Waals surface area contributed by atoms with Crippen LogP contribution in [0.2, 0.25) is 5.02 Å². The summed E-state index contributed by atoms with van der Waals surface area (Å²) in [5.74, 6) is -0.187. The highest BCUT2D eigenvalue weighted by Crippen LogP contribution is 2.22. The van der Waals surface area contributed by atoms with Crippen molar-refractivity contribution in [3.8, 4) is 0 Å². The summed E-state index contributed by atoms with van der Waals surface area (Å²) in [6.07, 6.45) is 3.47. The molecule has 98 valence electrons. The van der Waals surface area contributed by atoms with Gasteiger partial charge in [0.25, 0.3) is 5.91 Å². The van der Waals surface area contributed by atoms with E-state index < -0.39 is 0 Å². The normalized spacial score (nSPS) is 19.5. The Balaban J connectivity index is 2.06. The number of pyridine rings is 1. The van der Waals surface area contributed by atoms with Gasteiger partial charge in [-0.3, -0.25) is 4.79 Å². The van der Waals surface area contributed by atoms with Crippen LogP contribution in [-0.4, -0.2) is 41.5 Å². The zero-order valence-electron chi connectivity index (χ0n) is 10.7. The molecule has 5 heteroatoms. The van der Waals surface area contributed by atoms with Crippen molar-refractivity contribution in [1.29, 1.82) is 0 Å². The largest absolute Gasteiger partial charge is 0.345 e. The number of nitrogens with zero attached hydrogens (tertiary/aromatic N) is 2. The lowest BCUT2D eigenvalue weighted by Gasteiger charge is -2.38. The molecule has 1 aliphatic rings. The molecule has 18 heavy (non-hydrogen) atoms. The zero-order valence-corrected chi connectivity index (χ0v) is 11.5.